The molecule has 5 nitrogen and oxygen atoms in total. The maximum Gasteiger partial charge on any atom is 0.227 e. The summed E-state index contributed by atoms with van der Waals surface area (Å²) in [4.78, 5) is 20.4. The smallest absolute Gasteiger partial charge is 0.227 e. The Morgan fingerprint density at radius 2 is 2.25 bits per heavy atom. The number of benzene rings is 1. The number of thiazole rings is 1. The van der Waals surface area contributed by atoms with Crippen molar-refractivity contribution in [3.8, 4) is 0 Å². The van der Waals surface area contributed by atoms with E-state index >= 15 is 0 Å². The summed E-state index contributed by atoms with van der Waals surface area (Å²) in [5, 5.41) is 5.38. The maximum atomic E-state index is 11.9. The number of carbonyl (C=O) groups is 1. The number of anilines is 1. The molecule has 0 unspecified atom stereocenters. The number of rotatable bonds is 4. The normalized spacial score (nSPS) is 10.8. The van der Waals surface area contributed by atoms with Crippen molar-refractivity contribution in [1.29, 1.82) is 0 Å². The Morgan fingerprint density at radius 1 is 1.40 bits per heavy atom. The molecule has 20 heavy (non-hydrogen) atoms. The van der Waals surface area contributed by atoms with Crippen LogP contribution in [0.2, 0.25) is 0 Å². The Morgan fingerprint density at radius 3 is 3.05 bits per heavy atom. The highest BCUT2D eigenvalue weighted by Gasteiger charge is 2.07. The van der Waals surface area contributed by atoms with Gasteiger partial charge in [0.1, 0.15) is 0 Å². The second-order valence-corrected chi connectivity index (χ2v) is 5.38. The number of aromatic nitrogens is 3. The summed E-state index contributed by atoms with van der Waals surface area (Å²) in [5.74, 6) is -0.0304. The van der Waals surface area contributed by atoms with Gasteiger partial charge in [-0.2, -0.15) is 0 Å². The fourth-order valence-electron chi connectivity index (χ4n) is 2.00. The van der Waals surface area contributed by atoms with Crippen LogP contribution in [0.5, 0.6) is 0 Å². The van der Waals surface area contributed by atoms with Crippen molar-refractivity contribution < 1.29 is 4.79 Å². The minimum atomic E-state index is -0.0304. The third-order valence-corrected chi connectivity index (χ3v) is 3.85. The van der Waals surface area contributed by atoms with Crippen LogP contribution in [0.4, 0.5) is 5.13 Å². The zero-order chi connectivity index (χ0) is 13.9. The van der Waals surface area contributed by atoms with Crippen LogP contribution >= 0.6 is 11.3 Å². The molecule has 3 rings (SSSR count). The first-order valence-corrected chi connectivity index (χ1v) is 7.22. The third-order valence-electron chi connectivity index (χ3n) is 2.97. The molecular weight excluding hydrogens is 272 g/mol. The van der Waals surface area contributed by atoms with E-state index in [2.05, 4.69) is 15.3 Å². The van der Waals surface area contributed by atoms with Crippen LogP contribution in [0.15, 0.2) is 36.0 Å². The van der Waals surface area contributed by atoms with E-state index in [4.69, 9.17) is 0 Å². The number of carbonyl (C=O) groups excluding carboxylic acids is 1. The molecule has 0 atom stereocenters. The Kier molecular flexibility index (Phi) is 3.47. The van der Waals surface area contributed by atoms with E-state index in [1.54, 1.807) is 6.33 Å². The molecule has 0 saturated heterocycles. The Hall–Kier alpha value is -2.21. The van der Waals surface area contributed by atoms with E-state index in [1.165, 1.54) is 11.3 Å². The summed E-state index contributed by atoms with van der Waals surface area (Å²) >= 11 is 1.44. The van der Waals surface area contributed by atoms with E-state index in [0.717, 1.165) is 16.7 Å². The van der Waals surface area contributed by atoms with Gasteiger partial charge in [-0.05, 0) is 19.1 Å². The molecule has 0 fully saturated rings. The van der Waals surface area contributed by atoms with Gasteiger partial charge >= 0.3 is 0 Å². The summed E-state index contributed by atoms with van der Waals surface area (Å²) in [6, 6.07) is 7.89. The fraction of sp³-hybridized carbons (Fsp3) is 0.214. The number of hydrogen-bond donors (Lipinski definition) is 1. The molecule has 0 bridgehead atoms. The molecule has 0 aliphatic carbocycles. The molecule has 102 valence electrons. The molecule has 6 heteroatoms. The van der Waals surface area contributed by atoms with Gasteiger partial charge in [0.05, 0.1) is 23.1 Å². The molecule has 2 aromatic heterocycles. The fourth-order valence-corrected chi connectivity index (χ4v) is 2.71. The van der Waals surface area contributed by atoms with Gasteiger partial charge in [-0.1, -0.05) is 12.1 Å². The number of aryl methyl sites for hydroxylation is 2. The number of nitrogens with zero attached hydrogens (tertiary/aromatic N) is 3. The summed E-state index contributed by atoms with van der Waals surface area (Å²) in [6.07, 6.45) is 2.17. The number of amides is 1. The molecule has 1 amide bonds. The third kappa shape index (κ3) is 2.70. The van der Waals surface area contributed by atoms with Crippen LogP contribution in [0.3, 0.4) is 0 Å². The number of para-hydroxylation sites is 2. The lowest BCUT2D eigenvalue weighted by Gasteiger charge is -2.04. The van der Waals surface area contributed by atoms with Crippen LogP contribution < -0.4 is 5.32 Å². The van der Waals surface area contributed by atoms with Gasteiger partial charge in [0.15, 0.2) is 5.13 Å². The molecule has 1 N–H and O–H groups in total. The van der Waals surface area contributed by atoms with E-state index in [9.17, 15) is 4.79 Å². The van der Waals surface area contributed by atoms with Crippen molar-refractivity contribution in [2.45, 2.75) is 19.9 Å². The molecule has 0 spiro atoms. The second kappa shape index (κ2) is 5.42. The average molecular weight is 286 g/mol. The van der Waals surface area contributed by atoms with Crippen LogP contribution in [-0.2, 0) is 11.3 Å². The summed E-state index contributed by atoms with van der Waals surface area (Å²) in [7, 11) is 0. The van der Waals surface area contributed by atoms with Crippen molar-refractivity contribution in [2.75, 3.05) is 5.32 Å². The lowest BCUT2D eigenvalue weighted by molar-refractivity contribution is -0.116. The zero-order valence-electron chi connectivity index (χ0n) is 11.0. The highest BCUT2D eigenvalue weighted by Crippen LogP contribution is 2.15. The molecule has 0 aliphatic rings. The van der Waals surface area contributed by atoms with Crippen molar-refractivity contribution in [3.63, 3.8) is 0 Å². The molecule has 3 aromatic rings. The first kappa shape index (κ1) is 12.8. The highest BCUT2D eigenvalue weighted by molar-refractivity contribution is 7.13. The van der Waals surface area contributed by atoms with Crippen LogP contribution in [0.1, 0.15) is 12.1 Å². The summed E-state index contributed by atoms with van der Waals surface area (Å²) in [5.41, 5.74) is 2.92. The van der Waals surface area contributed by atoms with Crippen molar-refractivity contribution in [2.24, 2.45) is 0 Å². The number of fused-ring (bicyclic) bond motifs is 1. The van der Waals surface area contributed by atoms with Gasteiger partial charge in [-0.15, -0.1) is 11.3 Å². The van der Waals surface area contributed by atoms with Crippen LogP contribution in [-0.4, -0.2) is 20.4 Å². The van der Waals surface area contributed by atoms with Crippen LogP contribution in [0.25, 0.3) is 11.0 Å². The van der Waals surface area contributed by atoms with Gasteiger partial charge in [-0.3, -0.25) is 4.79 Å². The molecule has 1 aromatic carbocycles. The van der Waals surface area contributed by atoms with Gasteiger partial charge in [0.25, 0.3) is 0 Å². The highest BCUT2D eigenvalue weighted by atomic mass is 32.1. The molecule has 0 aliphatic heterocycles. The molecule has 0 radical (unpaired) electrons. The Labute approximate surface area is 120 Å². The van der Waals surface area contributed by atoms with E-state index in [0.29, 0.717) is 18.1 Å². The van der Waals surface area contributed by atoms with Crippen molar-refractivity contribution >= 4 is 33.4 Å². The Bertz CT molecular complexity index is 746. The monoisotopic (exact) mass is 286 g/mol. The zero-order valence-corrected chi connectivity index (χ0v) is 11.9. The van der Waals surface area contributed by atoms with E-state index in [1.807, 2.05) is 41.1 Å². The Balaban J connectivity index is 1.63. The summed E-state index contributed by atoms with van der Waals surface area (Å²) in [6.45, 7) is 2.51. The number of nitrogens with one attached hydrogen (secondary N) is 1. The topological polar surface area (TPSA) is 59.8 Å². The van der Waals surface area contributed by atoms with Crippen molar-refractivity contribution in [1.82, 2.24) is 14.5 Å². The van der Waals surface area contributed by atoms with Crippen LogP contribution in [0, 0.1) is 6.92 Å². The van der Waals surface area contributed by atoms with Gasteiger partial charge in [-0.25, -0.2) is 9.97 Å². The minimum absolute atomic E-state index is 0.0304. The lowest BCUT2D eigenvalue weighted by atomic mass is 10.3. The van der Waals surface area contributed by atoms with Gasteiger partial charge in [0, 0.05) is 18.3 Å². The second-order valence-electron chi connectivity index (χ2n) is 4.52. The first-order valence-electron chi connectivity index (χ1n) is 6.34. The van der Waals surface area contributed by atoms with Crippen molar-refractivity contribution in [3.05, 3.63) is 41.7 Å². The average Bonchev–Trinajstić information content (AvgIpc) is 3.03. The van der Waals surface area contributed by atoms with Gasteiger partial charge in [0.2, 0.25) is 5.91 Å². The molecular formula is C14H14N4OS. The molecule has 0 saturated carbocycles. The lowest BCUT2D eigenvalue weighted by Crippen LogP contribution is -2.14. The number of hydrogen-bond acceptors (Lipinski definition) is 4. The van der Waals surface area contributed by atoms with E-state index < -0.39 is 0 Å². The predicted octanol–water partition coefficient (Wildman–Crippen LogP) is 2.83. The SMILES string of the molecule is Cc1csc(NC(=O)CCn2cnc3ccccc32)n1. The quantitative estimate of drug-likeness (QED) is 0.802. The summed E-state index contributed by atoms with van der Waals surface area (Å²) < 4.78 is 1.99. The number of imidazole rings is 1. The molecule has 2 heterocycles. The maximum absolute atomic E-state index is 11.9. The minimum Gasteiger partial charge on any atom is -0.330 e. The standard InChI is InChI=1S/C14H14N4OS/c1-10-8-20-14(16-10)17-13(19)6-7-18-9-15-11-4-2-3-5-12(11)18/h2-5,8-9H,6-7H2,1H3,(H,16,17,19). The van der Waals surface area contributed by atoms with Gasteiger partial charge < -0.3 is 9.88 Å². The first-order chi connectivity index (χ1) is 9.72. The largest absolute Gasteiger partial charge is 0.330 e. The predicted molar refractivity (Wildman–Crippen MR) is 79.8 cm³/mol. The van der Waals surface area contributed by atoms with E-state index in [-0.39, 0.29) is 5.91 Å².